The lowest BCUT2D eigenvalue weighted by atomic mass is 10.2. The van der Waals surface area contributed by atoms with E-state index in [9.17, 15) is 13.2 Å². The molecule has 0 atom stereocenters. The van der Waals surface area contributed by atoms with E-state index in [1.165, 1.54) is 31.4 Å². The third-order valence-corrected chi connectivity index (χ3v) is 2.89. The summed E-state index contributed by atoms with van der Waals surface area (Å²) in [5, 5.41) is 8.30. The number of hydrogen-bond donors (Lipinski definition) is 1. The SMILES string of the molecule is COC(=O)c1ccc(NS(=O)(=O)CC#N)cc1. The Bertz CT molecular complexity index is 543. The lowest BCUT2D eigenvalue weighted by Crippen LogP contribution is -2.15. The van der Waals surface area contributed by atoms with Crippen molar-refractivity contribution in [3.63, 3.8) is 0 Å². The van der Waals surface area contributed by atoms with E-state index in [1.807, 2.05) is 0 Å². The standard InChI is InChI=1S/C10H10N2O4S/c1-16-10(13)8-2-4-9(5-3-8)12-17(14,15)7-6-11/h2-5,12H,7H2,1H3. The molecule has 0 radical (unpaired) electrons. The number of benzene rings is 1. The molecule has 0 amide bonds. The molecule has 1 aromatic carbocycles. The number of carbonyl (C=O) groups is 1. The van der Waals surface area contributed by atoms with Gasteiger partial charge in [0.15, 0.2) is 5.75 Å². The van der Waals surface area contributed by atoms with Crippen molar-refractivity contribution in [2.75, 3.05) is 17.6 Å². The van der Waals surface area contributed by atoms with E-state index >= 15 is 0 Å². The number of rotatable bonds is 4. The van der Waals surface area contributed by atoms with Crippen molar-refractivity contribution in [3.05, 3.63) is 29.8 Å². The lowest BCUT2D eigenvalue weighted by Gasteiger charge is -2.05. The summed E-state index contributed by atoms with van der Waals surface area (Å²) >= 11 is 0. The molecule has 7 heteroatoms. The van der Waals surface area contributed by atoms with Gasteiger partial charge in [0.1, 0.15) is 0 Å². The van der Waals surface area contributed by atoms with Crippen molar-refractivity contribution < 1.29 is 17.9 Å². The minimum Gasteiger partial charge on any atom is -0.465 e. The quantitative estimate of drug-likeness (QED) is 0.799. The Kier molecular flexibility index (Phi) is 4.06. The van der Waals surface area contributed by atoms with Crippen LogP contribution in [0.1, 0.15) is 10.4 Å². The van der Waals surface area contributed by atoms with E-state index in [0.717, 1.165) is 0 Å². The molecule has 90 valence electrons. The summed E-state index contributed by atoms with van der Waals surface area (Å²) in [7, 11) is -2.39. The van der Waals surface area contributed by atoms with Crippen LogP contribution in [0.4, 0.5) is 5.69 Å². The molecule has 0 aromatic heterocycles. The van der Waals surface area contributed by atoms with Crippen LogP contribution in [0.3, 0.4) is 0 Å². The molecule has 0 fully saturated rings. The maximum absolute atomic E-state index is 11.2. The van der Waals surface area contributed by atoms with Crippen LogP contribution in [0, 0.1) is 11.3 Å². The molecule has 0 spiro atoms. The molecule has 0 aliphatic carbocycles. The molecular formula is C10H10N2O4S. The van der Waals surface area contributed by atoms with Gasteiger partial charge < -0.3 is 4.74 Å². The van der Waals surface area contributed by atoms with Crippen molar-refractivity contribution in [1.82, 2.24) is 0 Å². The number of nitrogens with one attached hydrogen (secondary N) is 1. The highest BCUT2D eigenvalue weighted by Crippen LogP contribution is 2.12. The van der Waals surface area contributed by atoms with E-state index in [0.29, 0.717) is 5.56 Å². The van der Waals surface area contributed by atoms with Gasteiger partial charge in [-0.2, -0.15) is 5.26 Å². The second kappa shape index (κ2) is 5.32. The lowest BCUT2D eigenvalue weighted by molar-refractivity contribution is 0.0601. The summed E-state index contributed by atoms with van der Waals surface area (Å²) in [6.07, 6.45) is 0. The minimum atomic E-state index is -3.65. The molecule has 0 unspecified atom stereocenters. The Morgan fingerprint density at radius 3 is 2.47 bits per heavy atom. The third-order valence-electron chi connectivity index (χ3n) is 1.83. The molecule has 1 N–H and O–H groups in total. The van der Waals surface area contributed by atoms with Crippen molar-refractivity contribution in [3.8, 4) is 6.07 Å². The third kappa shape index (κ3) is 3.77. The fourth-order valence-corrected chi connectivity index (χ4v) is 1.83. The van der Waals surface area contributed by atoms with Gasteiger partial charge in [0.2, 0.25) is 10.0 Å². The van der Waals surface area contributed by atoms with Crippen LogP contribution in [0.15, 0.2) is 24.3 Å². The molecular weight excluding hydrogens is 244 g/mol. The number of hydrogen-bond acceptors (Lipinski definition) is 5. The van der Waals surface area contributed by atoms with Gasteiger partial charge in [0.25, 0.3) is 0 Å². The Hall–Kier alpha value is -2.07. The van der Waals surface area contributed by atoms with Crippen LogP contribution in [-0.2, 0) is 14.8 Å². The van der Waals surface area contributed by atoms with Gasteiger partial charge in [0.05, 0.1) is 18.7 Å². The van der Waals surface area contributed by atoms with Crippen LogP contribution in [-0.4, -0.2) is 27.2 Å². The predicted molar refractivity (Wildman–Crippen MR) is 60.8 cm³/mol. The Morgan fingerprint density at radius 2 is 2.00 bits per heavy atom. The average molecular weight is 254 g/mol. The predicted octanol–water partition coefficient (Wildman–Crippen LogP) is 0.738. The van der Waals surface area contributed by atoms with Crippen molar-refractivity contribution in [1.29, 1.82) is 5.26 Å². The van der Waals surface area contributed by atoms with Gasteiger partial charge in [-0.05, 0) is 24.3 Å². The van der Waals surface area contributed by atoms with E-state index in [2.05, 4.69) is 9.46 Å². The highest BCUT2D eigenvalue weighted by atomic mass is 32.2. The largest absolute Gasteiger partial charge is 0.465 e. The number of nitriles is 1. The Labute approximate surface area is 98.9 Å². The van der Waals surface area contributed by atoms with Gasteiger partial charge in [-0.3, -0.25) is 4.72 Å². The molecule has 1 aromatic rings. The molecule has 0 saturated carbocycles. The van der Waals surface area contributed by atoms with Crippen LogP contribution in [0.5, 0.6) is 0 Å². The first-order chi connectivity index (χ1) is 7.98. The second-order valence-corrected chi connectivity index (χ2v) is 4.81. The number of methoxy groups -OCH3 is 1. The molecule has 0 aliphatic rings. The minimum absolute atomic E-state index is 0.285. The van der Waals surface area contributed by atoms with E-state index in [4.69, 9.17) is 5.26 Å². The summed E-state index contributed by atoms with van der Waals surface area (Å²) in [6, 6.07) is 7.23. The topological polar surface area (TPSA) is 96.3 Å². The van der Waals surface area contributed by atoms with E-state index in [-0.39, 0.29) is 5.69 Å². The summed E-state index contributed by atoms with van der Waals surface area (Å²) in [5.41, 5.74) is 0.601. The number of anilines is 1. The highest BCUT2D eigenvalue weighted by Gasteiger charge is 2.10. The number of sulfonamides is 1. The molecule has 0 heterocycles. The molecule has 0 aliphatic heterocycles. The van der Waals surface area contributed by atoms with Crippen molar-refractivity contribution >= 4 is 21.7 Å². The zero-order chi connectivity index (χ0) is 12.9. The Balaban J connectivity index is 2.83. The first kappa shape index (κ1) is 13.0. The van der Waals surface area contributed by atoms with Crippen molar-refractivity contribution in [2.45, 2.75) is 0 Å². The fourth-order valence-electron chi connectivity index (χ4n) is 1.09. The summed E-state index contributed by atoms with van der Waals surface area (Å²) in [4.78, 5) is 11.1. The molecule has 17 heavy (non-hydrogen) atoms. The summed E-state index contributed by atoms with van der Waals surface area (Å²) in [6.45, 7) is 0. The van der Waals surface area contributed by atoms with Gasteiger partial charge in [-0.1, -0.05) is 0 Å². The number of nitrogens with zero attached hydrogens (tertiary/aromatic N) is 1. The number of esters is 1. The normalized spacial score (nSPS) is 10.4. The Morgan fingerprint density at radius 1 is 1.41 bits per heavy atom. The molecule has 0 bridgehead atoms. The summed E-state index contributed by atoms with van der Waals surface area (Å²) in [5.74, 6) is -1.12. The maximum atomic E-state index is 11.2. The number of carbonyl (C=O) groups excluding carboxylic acids is 1. The van der Waals surface area contributed by atoms with Gasteiger partial charge in [-0.25, -0.2) is 13.2 Å². The van der Waals surface area contributed by atoms with Crippen LogP contribution in [0.25, 0.3) is 0 Å². The van der Waals surface area contributed by atoms with Crippen LogP contribution < -0.4 is 4.72 Å². The smallest absolute Gasteiger partial charge is 0.337 e. The first-order valence-electron chi connectivity index (χ1n) is 4.54. The van der Waals surface area contributed by atoms with Gasteiger partial charge in [-0.15, -0.1) is 0 Å². The van der Waals surface area contributed by atoms with E-state index in [1.54, 1.807) is 6.07 Å². The monoisotopic (exact) mass is 254 g/mol. The second-order valence-electron chi connectivity index (χ2n) is 3.09. The number of ether oxygens (including phenoxy) is 1. The summed E-state index contributed by atoms with van der Waals surface area (Å²) < 4.78 is 29.2. The molecule has 1 rings (SSSR count). The van der Waals surface area contributed by atoms with E-state index < -0.39 is 21.7 Å². The zero-order valence-electron chi connectivity index (χ0n) is 9.00. The highest BCUT2D eigenvalue weighted by molar-refractivity contribution is 7.92. The zero-order valence-corrected chi connectivity index (χ0v) is 9.82. The van der Waals surface area contributed by atoms with Crippen LogP contribution in [0.2, 0.25) is 0 Å². The van der Waals surface area contributed by atoms with Crippen molar-refractivity contribution in [2.24, 2.45) is 0 Å². The molecule has 6 nitrogen and oxygen atoms in total. The van der Waals surface area contributed by atoms with Gasteiger partial charge >= 0.3 is 5.97 Å². The van der Waals surface area contributed by atoms with Gasteiger partial charge in [0, 0.05) is 5.69 Å². The average Bonchev–Trinajstić information content (AvgIpc) is 2.28. The fraction of sp³-hybridized carbons (Fsp3) is 0.200. The van der Waals surface area contributed by atoms with Crippen LogP contribution >= 0.6 is 0 Å². The maximum Gasteiger partial charge on any atom is 0.337 e. The first-order valence-corrected chi connectivity index (χ1v) is 6.19. The molecule has 0 saturated heterocycles.